The minimum Gasteiger partial charge on any atom is -0.308 e. The number of aromatic nitrogens is 3. The van der Waals surface area contributed by atoms with Gasteiger partial charge in [0, 0.05) is 42.8 Å². The fourth-order valence-corrected chi connectivity index (χ4v) is 2.18. The molecular weight excluding hydrogens is 322 g/mol. The molecule has 0 saturated heterocycles. The Kier molecular flexibility index (Phi) is 5.78. The molecule has 4 nitrogen and oxygen atoms in total. The van der Waals surface area contributed by atoms with Crippen molar-refractivity contribution in [3.05, 3.63) is 77.8 Å². The number of benzene rings is 1. The van der Waals surface area contributed by atoms with Gasteiger partial charge in [-0.1, -0.05) is 6.07 Å². The van der Waals surface area contributed by atoms with Crippen LogP contribution in [-0.4, -0.2) is 14.8 Å². The molecule has 0 unspecified atom stereocenters. The molecule has 0 aliphatic carbocycles. The molecule has 3 aromatic rings. The molecule has 1 aromatic carbocycles. The molecule has 0 spiro atoms. The predicted molar refractivity (Wildman–Crippen MR) is 85.5 cm³/mol. The monoisotopic (exact) mass is 336 g/mol. The number of pyridine rings is 1. The van der Waals surface area contributed by atoms with Crippen molar-refractivity contribution in [2.24, 2.45) is 0 Å². The van der Waals surface area contributed by atoms with Crippen molar-refractivity contribution in [2.75, 3.05) is 0 Å². The van der Waals surface area contributed by atoms with Gasteiger partial charge in [0.2, 0.25) is 0 Å². The van der Waals surface area contributed by atoms with Gasteiger partial charge in [0.25, 0.3) is 0 Å². The molecule has 0 aliphatic heterocycles. The first-order chi connectivity index (χ1) is 10.7. The van der Waals surface area contributed by atoms with Gasteiger partial charge >= 0.3 is 0 Å². The van der Waals surface area contributed by atoms with Crippen LogP contribution in [0, 0.1) is 11.6 Å². The minimum absolute atomic E-state index is 0. The molecule has 0 atom stereocenters. The van der Waals surface area contributed by atoms with Gasteiger partial charge in [0.05, 0.1) is 0 Å². The number of halogens is 3. The molecule has 1 N–H and O–H groups in total. The van der Waals surface area contributed by atoms with E-state index in [0.717, 1.165) is 17.7 Å². The number of hydrogen-bond donors (Lipinski definition) is 1. The topological polar surface area (TPSA) is 42.7 Å². The summed E-state index contributed by atoms with van der Waals surface area (Å²) in [4.78, 5) is 4.30. The van der Waals surface area contributed by atoms with E-state index in [2.05, 4.69) is 15.4 Å². The van der Waals surface area contributed by atoms with E-state index in [9.17, 15) is 8.78 Å². The van der Waals surface area contributed by atoms with Crippen molar-refractivity contribution < 1.29 is 8.78 Å². The number of nitrogens with zero attached hydrogens (tertiary/aromatic N) is 3. The quantitative estimate of drug-likeness (QED) is 0.777. The summed E-state index contributed by atoms with van der Waals surface area (Å²) in [6, 6.07) is 8.99. The van der Waals surface area contributed by atoms with Crippen LogP contribution in [-0.2, 0) is 13.1 Å². The molecule has 0 radical (unpaired) electrons. The second-order valence-corrected chi connectivity index (χ2v) is 4.78. The molecule has 0 saturated carbocycles. The van der Waals surface area contributed by atoms with Crippen LogP contribution >= 0.6 is 12.4 Å². The van der Waals surface area contributed by atoms with Crippen LogP contribution in [0.1, 0.15) is 11.1 Å². The Balaban J connectivity index is 0.00000192. The second kappa shape index (κ2) is 7.80. The minimum atomic E-state index is -0.447. The third-order valence-electron chi connectivity index (χ3n) is 3.23. The Morgan fingerprint density at radius 1 is 1.00 bits per heavy atom. The third-order valence-corrected chi connectivity index (χ3v) is 3.23. The standard InChI is InChI=1S/C16H14F2N4.ClH/c17-14-4-5-15(18)13(9-14)11-19-10-12-3-1-6-20-16(12)22-8-2-7-21-22;/h1-9,19H,10-11H2;1H. The van der Waals surface area contributed by atoms with E-state index >= 15 is 0 Å². The summed E-state index contributed by atoms with van der Waals surface area (Å²) in [5.41, 5.74) is 1.22. The Morgan fingerprint density at radius 3 is 2.61 bits per heavy atom. The predicted octanol–water partition coefficient (Wildman–Crippen LogP) is 3.26. The average Bonchev–Trinajstić information content (AvgIpc) is 3.05. The van der Waals surface area contributed by atoms with Crippen LogP contribution < -0.4 is 5.32 Å². The van der Waals surface area contributed by atoms with Crippen LogP contribution in [0.5, 0.6) is 0 Å². The maximum absolute atomic E-state index is 13.6. The van der Waals surface area contributed by atoms with E-state index in [1.54, 1.807) is 23.3 Å². The van der Waals surface area contributed by atoms with E-state index in [0.29, 0.717) is 17.9 Å². The van der Waals surface area contributed by atoms with Crippen molar-refractivity contribution >= 4 is 12.4 Å². The van der Waals surface area contributed by atoms with Gasteiger partial charge in [-0.3, -0.25) is 0 Å². The summed E-state index contributed by atoms with van der Waals surface area (Å²) >= 11 is 0. The van der Waals surface area contributed by atoms with Gasteiger partial charge in [-0.15, -0.1) is 12.4 Å². The smallest absolute Gasteiger partial charge is 0.157 e. The van der Waals surface area contributed by atoms with Crippen molar-refractivity contribution in [1.82, 2.24) is 20.1 Å². The zero-order valence-electron chi connectivity index (χ0n) is 12.1. The fourth-order valence-electron chi connectivity index (χ4n) is 2.18. The van der Waals surface area contributed by atoms with E-state index in [4.69, 9.17) is 0 Å². The average molecular weight is 337 g/mol. The summed E-state index contributed by atoms with van der Waals surface area (Å²) in [5.74, 6) is -0.163. The molecule has 0 fully saturated rings. The molecule has 3 rings (SSSR count). The van der Waals surface area contributed by atoms with E-state index in [1.807, 2.05) is 18.2 Å². The number of nitrogens with one attached hydrogen (secondary N) is 1. The van der Waals surface area contributed by atoms with Crippen LogP contribution in [0.3, 0.4) is 0 Å². The van der Waals surface area contributed by atoms with Crippen molar-refractivity contribution in [2.45, 2.75) is 13.1 Å². The molecule has 2 heterocycles. The van der Waals surface area contributed by atoms with E-state index in [1.165, 1.54) is 6.07 Å². The Morgan fingerprint density at radius 2 is 1.83 bits per heavy atom. The molecule has 0 aliphatic rings. The molecule has 0 amide bonds. The lowest BCUT2D eigenvalue weighted by Gasteiger charge is -2.10. The van der Waals surface area contributed by atoms with Gasteiger partial charge in [-0.05, 0) is 30.3 Å². The maximum atomic E-state index is 13.6. The van der Waals surface area contributed by atoms with E-state index < -0.39 is 11.6 Å². The van der Waals surface area contributed by atoms with Gasteiger partial charge < -0.3 is 5.32 Å². The lowest BCUT2D eigenvalue weighted by atomic mass is 10.2. The molecule has 120 valence electrons. The summed E-state index contributed by atoms with van der Waals surface area (Å²) in [6.07, 6.45) is 5.17. The van der Waals surface area contributed by atoms with E-state index in [-0.39, 0.29) is 19.0 Å². The fraction of sp³-hybridized carbons (Fsp3) is 0.125. The number of rotatable bonds is 5. The highest BCUT2D eigenvalue weighted by Crippen LogP contribution is 2.12. The van der Waals surface area contributed by atoms with Crippen LogP contribution in [0.2, 0.25) is 0 Å². The summed E-state index contributed by atoms with van der Waals surface area (Å²) in [6.45, 7) is 0.704. The molecule has 2 aromatic heterocycles. The van der Waals surface area contributed by atoms with Gasteiger partial charge in [0.1, 0.15) is 11.6 Å². The first kappa shape index (κ1) is 17.1. The van der Waals surface area contributed by atoms with Crippen molar-refractivity contribution in [3.8, 4) is 5.82 Å². The molecule has 0 bridgehead atoms. The summed E-state index contributed by atoms with van der Waals surface area (Å²) in [7, 11) is 0. The Labute approximate surface area is 138 Å². The van der Waals surface area contributed by atoms with Crippen molar-refractivity contribution in [3.63, 3.8) is 0 Å². The maximum Gasteiger partial charge on any atom is 0.157 e. The first-order valence-electron chi connectivity index (χ1n) is 6.82. The van der Waals surface area contributed by atoms with Crippen molar-refractivity contribution in [1.29, 1.82) is 0 Å². The van der Waals surface area contributed by atoms with Gasteiger partial charge in [0.15, 0.2) is 5.82 Å². The highest BCUT2D eigenvalue weighted by Gasteiger charge is 2.07. The zero-order chi connectivity index (χ0) is 15.4. The lowest BCUT2D eigenvalue weighted by molar-refractivity contribution is 0.568. The zero-order valence-corrected chi connectivity index (χ0v) is 12.9. The molecule has 7 heteroatoms. The first-order valence-corrected chi connectivity index (χ1v) is 6.82. The SMILES string of the molecule is Cl.Fc1ccc(F)c(CNCc2cccnc2-n2cccn2)c1. The second-order valence-electron chi connectivity index (χ2n) is 4.78. The molecular formula is C16H15ClF2N4. The Hall–Kier alpha value is -2.31. The Bertz CT molecular complexity index is 763. The summed E-state index contributed by atoms with van der Waals surface area (Å²) in [5, 5.41) is 7.26. The highest BCUT2D eigenvalue weighted by molar-refractivity contribution is 5.85. The van der Waals surface area contributed by atoms with Crippen LogP contribution in [0.15, 0.2) is 55.0 Å². The van der Waals surface area contributed by atoms with Gasteiger partial charge in [-0.25, -0.2) is 18.4 Å². The highest BCUT2D eigenvalue weighted by atomic mass is 35.5. The lowest BCUT2D eigenvalue weighted by Crippen LogP contribution is -2.16. The number of hydrogen-bond acceptors (Lipinski definition) is 3. The van der Waals surface area contributed by atoms with Gasteiger partial charge in [-0.2, -0.15) is 5.10 Å². The molecule has 23 heavy (non-hydrogen) atoms. The normalized spacial score (nSPS) is 10.3. The third kappa shape index (κ3) is 4.12. The largest absolute Gasteiger partial charge is 0.308 e. The van der Waals surface area contributed by atoms with Crippen LogP contribution in [0.25, 0.3) is 5.82 Å². The summed E-state index contributed by atoms with van der Waals surface area (Å²) < 4.78 is 28.4. The van der Waals surface area contributed by atoms with Crippen LogP contribution in [0.4, 0.5) is 8.78 Å².